The first-order valence-electron chi connectivity index (χ1n) is 9.51. The standard InChI is InChI=1S/C22H22ClN3OS/c1-2-3-14-26-21(20(25-22(26)28)17-6-4-5-13-24-17)19-12-11-18(27-19)15-7-9-16(23)10-8-15/h4-13,20-21H,2-3,14H2,1H3,(H,25,28). The maximum absolute atomic E-state index is 6.29. The monoisotopic (exact) mass is 411 g/mol. The van der Waals surface area contributed by atoms with Crippen LogP contribution in [-0.2, 0) is 0 Å². The molecule has 1 fully saturated rings. The molecule has 1 aliphatic heterocycles. The van der Waals surface area contributed by atoms with Crippen LogP contribution in [0, 0.1) is 0 Å². The first kappa shape index (κ1) is 19.0. The van der Waals surface area contributed by atoms with E-state index in [1.165, 1.54) is 0 Å². The second kappa shape index (κ2) is 8.33. The zero-order valence-electron chi connectivity index (χ0n) is 15.6. The van der Waals surface area contributed by atoms with Crippen LogP contribution in [0.25, 0.3) is 11.3 Å². The second-order valence-electron chi connectivity index (χ2n) is 6.88. The number of pyridine rings is 1. The van der Waals surface area contributed by atoms with E-state index in [1.54, 1.807) is 0 Å². The van der Waals surface area contributed by atoms with Crippen LogP contribution in [0.5, 0.6) is 0 Å². The van der Waals surface area contributed by atoms with Gasteiger partial charge in [-0.1, -0.05) is 31.0 Å². The van der Waals surface area contributed by atoms with Crippen molar-refractivity contribution in [3.05, 3.63) is 77.3 Å². The van der Waals surface area contributed by atoms with E-state index in [-0.39, 0.29) is 12.1 Å². The summed E-state index contributed by atoms with van der Waals surface area (Å²) in [4.78, 5) is 6.78. The van der Waals surface area contributed by atoms with Crippen LogP contribution in [0.1, 0.15) is 43.3 Å². The maximum atomic E-state index is 6.29. The smallest absolute Gasteiger partial charge is 0.170 e. The van der Waals surface area contributed by atoms with E-state index >= 15 is 0 Å². The number of hydrogen-bond donors (Lipinski definition) is 1. The SMILES string of the molecule is CCCCN1C(=S)NC(c2ccccn2)C1c1ccc(-c2ccc(Cl)cc2)o1. The summed E-state index contributed by atoms with van der Waals surface area (Å²) < 4.78 is 6.29. The zero-order chi connectivity index (χ0) is 19.5. The molecule has 4 nitrogen and oxygen atoms in total. The minimum absolute atomic E-state index is 0.0324. The number of thiocarbonyl (C=S) groups is 1. The van der Waals surface area contributed by atoms with E-state index in [0.29, 0.717) is 5.02 Å². The third kappa shape index (κ3) is 3.77. The average Bonchev–Trinajstić information content (AvgIpc) is 3.32. The number of aromatic nitrogens is 1. The molecule has 1 N–H and O–H groups in total. The van der Waals surface area contributed by atoms with E-state index in [9.17, 15) is 0 Å². The highest BCUT2D eigenvalue weighted by atomic mass is 35.5. The number of rotatable bonds is 6. The molecule has 1 aliphatic rings. The van der Waals surface area contributed by atoms with Crippen molar-refractivity contribution in [3.63, 3.8) is 0 Å². The number of nitrogens with zero attached hydrogens (tertiary/aromatic N) is 2. The van der Waals surface area contributed by atoms with E-state index in [1.807, 2.05) is 60.8 Å². The van der Waals surface area contributed by atoms with Crippen molar-refractivity contribution in [2.45, 2.75) is 31.8 Å². The molecule has 1 saturated heterocycles. The number of furan rings is 1. The van der Waals surface area contributed by atoms with Gasteiger partial charge in [0.2, 0.25) is 0 Å². The molecule has 0 amide bonds. The topological polar surface area (TPSA) is 41.3 Å². The molecule has 0 spiro atoms. The summed E-state index contributed by atoms with van der Waals surface area (Å²) in [7, 11) is 0. The Morgan fingerprint density at radius 1 is 1.14 bits per heavy atom. The number of nitrogens with one attached hydrogen (secondary N) is 1. The van der Waals surface area contributed by atoms with Crippen molar-refractivity contribution in [1.82, 2.24) is 15.2 Å². The summed E-state index contributed by atoms with van der Waals surface area (Å²) in [6, 6.07) is 17.6. The molecule has 2 unspecified atom stereocenters. The number of benzene rings is 1. The van der Waals surface area contributed by atoms with Gasteiger partial charge >= 0.3 is 0 Å². The van der Waals surface area contributed by atoms with E-state index in [2.05, 4.69) is 22.1 Å². The van der Waals surface area contributed by atoms with Gasteiger partial charge < -0.3 is 14.6 Å². The van der Waals surface area contributed by atoms with Crippen molar-refractivity contribution in [2.75, 3.05) is 6.54 Å². The molecule has 6 heteroatoms. The van der Waals surface area contributed by atoms with Gasteiger partial charge in [-0.3, -0.25) is 4.98 Å². The molecule has 2 aromatic heterocycles. The van der Waals surface area contributed by atoms with Gasteiger partial charge in [-0.15, -0.1) is 0 Å². The quantitative estimate of drug-likeness (QED) is 0.521. The molecular weight excluding hydrogens is 390 g/mol. The summed E-state index contributed by atoms with van der Waals surface area (Å²) in [6.45, 7) is 3.07. The Morgan fingerprint density at radius 2 is 1.96 bits per heavy atom. The lowest BCUT2D eigenvalue weighted by molar-refractivity contribution is 0.271. The van der Waals surface area contributed by atoms with Crippen molar-refractivity contribution in [1.29, 1.82) is 0 Å². The predicted octanol–water partition coefficient (Wildman–Crippen LogP) is 5.77. The summed E-state index contributed by atoms with van der Waals surface area (Å²) in [5, 5.41) is 4.91. The fourth-order valence-corrected chi connectivity index (χ4v) is 4.02. The van der Waals surface area contributed by atoms with Crippen LogP contribution in [0.2, 0.25) is 5.02 Å². The Morgan fingerprint density at radius 3 is 2.68 bits per heavy atom. The van der Waals surface area contributed by atoms with Gasteiger partial charge in [-0.05, 0) is 67.2 Å². The van der Waals surface area contributed by atoms with Crippen molar-refractivity contribution in [3.8, 4) is 11.3 Å². The minimum Gasteiger partial charge on any atom is -0.459 e. The Bertz CT molecular complexity index is 942. The summed E-state index contributed by atoms with van der Waals surface area (Å²) >= 11 is 11.7. The predicted molar refractivity (Wildman–Crippen MR) is 116 cm³/mol. The van der Waals surface area contributed by atoms with E-state index < -0.39 is 0 Å². The molecule has 0 radical (unpaired) electrons. The Labute approximate surface area is 175 Å². The van der Waals surface area contributed by atoms with Crippen molar-refractivity contribution < 1.29 is 4.42 Å². The van der Waals surface area contributed by atoms with Crippen LogP contribution in [0.3, 0.4) is 0 Å². The molecule has 1 aromatic carbocycles. The largest absolute Gasteiger partial charge is 0.459 e. The number of unbranched alkanes of at least 4 members (excludes halogenated alkanes) is 1. The van der Waals surface area contributed by atoms with Crippen LogP contribution >= 0.6 is 23.8 Å². The molecule has 3 heterocycles. The lowest BCUT2D eigenvalue weighted by atomic mass is 10.0. The van der Waals surface area contributed by atoms with E-state index in [0.717, 1.165) is 47.3 Å². The van der Waals surface area contributed by atoms with E-state index in [4.69, 9.17) is 28.2 Å². The average molecular weight is 412 g/mol. The molecule has 0 saturated carbocycles. The fourth-order valence-electron chi connectivity index (χ4n) is 3.56. The highest BCUT2D eigenvalue weighted by Crippen LogP contribution is 2.40. The number of halogens is 1. The fraction of sp³-hybridized carbons (Fsp3) is 0.273. The number of hydrogen-bond acceptors (Lipinski definition) is 3. The molecular formula is C22H22ClN3OS. The van der Waals surface area contributed by atoms with Gasteiger partial charge in [0.15, 0.2) is 5.11 Å². The first-order valence-corrected chi connectivity index (χ1v) is 10.3. The van der Waals surface area contributed by atoms with Crippen LogP contribution < -0.4 is 5.32 Å². The van der Waals surface area contributed by atoms with Crippen LogP contribution in [-0.4, -0.2) is 21.5 Å². The van der Waals surface area contributed by atoms with Gasteiger partial charge in [0.25, 0.3) is 0 Å². The summed E-state index contributed by atoms with van der Waals surface area (Å²) in [5.41, 5.74) is 1.96. The molecule has 28 heavy (non-hydrogen) atoms. The van der Waals surface area contributed by atoms with Crippen molar-refractivity contribution in [2.24, 2.45) is 0 Å². The second-order valence-corrected chi connectivity index (χ2v) is 7.71. The van der Waals surface area contributed by atoms with Crippen LogP contribution in [0.4, 0.5) is 0 Å². The molecule has 0 bridgehead atoms. The Balaban J connectivity index is 1.70. The first-order chi connectivity index (χ1) is 13.7. The molecule has 3 aromatic rings. The zero-order valence-corrected chi connectivity index (χ0v) is 17.2. The normalized spacial score (nSPS) is 19.1. The van der Waals surface area contributed by atoms with Gasteiger partial charge in [0, 0.05) is 23.3 Å². The Kier molecular flexibility index (Phi) is 5.64. The molecule has 2 atom stereocenters. The maximum Gasteiger partial charge on any atom is 0.170 e. The van der Waals surface area contributed by atoms with Crippen molar-refractivity contribution >= 4 is 28.9 Å². The van der Waals surface area contributed by atoms with Crippen LogP contribution in [0.15, 0.2) is 65.2 Å². The Hall–Kier alpha value is -2.37. The molecule has 4 rings (SSSR count). The van der Waals surface area contributed by atoms with Gasteiger partial charge in [-0.2, -0.15) is 0 Å². The minimum atomic E-state index is -0.0465. The van der Waals surface area contributed by atoms with Gasteiger partial charge in [-0.25, -0.2) is 0 Å². The lowest BCUT2D eigenvalue weighted by Crippen LogP contribution is -2.30. The third-order valence-electron chi connectivity index (χ3n) is 5.00. The lowest BCUT2D eigenvalue weighted by Gasteiger charge is -2.25. The highest BCUT2D eigenvalue weighted by molar-refractivity contribution is 7.80. The van der Waals surface area contributed by atoms with Gasteiger partial charge in [0.05, 0.1) is 11.7 Å². The summed E-state index contributed by atoms with van der Waals surface area (Å²) in [6.07, 6.45) is 3.99. The highest BCUT2D eigenvalue weighted by Gasteiger charge is 2.41. The molecule has 0 aliphatic carbocycles. The summed E-state index contributed by atoms with van der Waals surface area (Å²) in [5.74, 6) is 1.70. The van der Waals surface area contributed by atoms with Gasteiger partial charge in [0.1, 0.15) is 17.6 Å². The molecule has 144 valence electrons. The third-order valence-corrected chi connectivity index (χ3v) is 5.60.